The van der Waals surface area contributed by atoms with E-state index in [0.29, 0.717) is 37.2 Å². The molecule has 8 nitrogen and oxygen atoms in total. The molecule has 0 aromatic heterocycles. The van der Waals surface area contributed by atoms with Crippen LogP contribution in [0.1, 0.15) is 26.2 Å². The SMILES string of the molecule is CCCS(=O)(=O)N1CCCC(C(=O)Nc2ccc(NC(=O)OC)cc2)C1. The van der Waals surface area contributed by atoms with Crippen LogP contribution in [0.3, 0.4) is 0 Å². The number of methoxy groups -OCH3 is 1. The van der Waals surface area contributed by atoms with Crippen LogP contribution in [0, 0.1) is 5.92 Å². The molecule has 2 amide bonds. The van der Waals surface area contributed by atoms with Crippen molar-refractivity contribution in [1.29, 1.82) is 0 Å². The summed E-state index contributed by atoms with van der Waals surface area (Å²) in [5.41, 5.74) is 1.13. The van der Waals surface area contributed by atoms with Crippen molar-refractivity contribution in [2.45, 2.75) is 26.2 Å². The van der Waals surface area contributed by atoms with Crippen molar-refractivity contribution in [1.82, 2.24) is 4.31 Å². The number of anilines is 2. The van der Waals surface area contributed by atoms with Gasteiger partial charge in [-0.2, -0.15) is 0 Å². The summed E-state index contributed by atoms with van der Waals surface area (Å²) in [6, 6.07) is 6.62. The molecule has 26 heavy (non-hydrogen) atoms. The second kappa shape index (κ2) is 9.00. The van der Waals surface area contributed by atoms with E-state index in [4.69, 9.17) is 0 Å². The largest absolute Gasteiger partial charge is 0.453 e. The molecule has 1 aliphatic rings. The highest BCUT2D eigenvalue weighted by Gasteiger charge is 2.31. The van der Waals surface area contributed by atoms with Crippen LogP contribution in [0.5, 0.6) is 0 Å². The number of piperidine rings is 1. The third-order valence-electron chi connectivity index (χ3n) is 4.19. The molecule has 1 aliphatic heterocycles. The maximum Gasteiger partial charge on any atom is 0.411 e. The predicted molar refractivity (Wildman–Crippen MR) is 99.5 cm³/mol. The average Bonchev–Trinajstić information content (AvgIpc) is 2.63. The molecule has 0 saturated carbocycles. The summed E-state index contributed by atoms with van der Waals surface area (Å²) in [6.45, 7) is 2.51. The van der Waals surface area contributed by atoms with Crippen molar-refractivity contribution in [3.63, 3.8) is 0 Å². The Hall–Kier alpha value is -2.13. The van der Waals surface area contributed by atoms with Crippen molar-refractivity contribution in [3.05, 3.63) is 24.3 Å². The van der Waals surface area contributed by atoms with E-state index < -0.39 is 16.1 Å². The first-order valence-corrected chi connectivity index (χ1v) is 10.2. The summed E-state index contributed by atoms with van der Waals surface area (Å²) < 4.78 is 30.4. The summed E-state index contributed by atoms with van der Waals surface area (Å²) in [5.74, 6) is -0.464. The quantitative estimate of drug-likeness (QED) is 0.784. The van der Waals surface area contributed by atoms with Crippen molar-refractivity contribution in [2.24, 2.45) is 5.92 Å². The Balaban J connectivity index is 1.95. The number of ether oxygens (including phenoxy) is 1. The average molecular weight is 383 g/mol. The number of sulfonamides is 1. The first-order chi connectivity index (χ1) is 12.4. The van der Waals surface area contributed by atoms with Crippen LogP contribution in [0.25, 0.3) is 0 Å². The van der Waals surface area contributed by atoms with Gasteiger partial charge in [0.15, 0.2) is 0 Å². The van der Waals surface area contributed by atoms with E-state index in [1.165, 1.54) is 11.4 Å². The van der Waals surface area contributed by atoms with Gasteiger partial charge in [-0.05, 0) is 43.5 Å². The van der Waals surface area contributed by atoms with Gasteiger partial charge in [0.25, 0.3) is 0 Å². The molecule has 1 heterocycles. The molecule has 144 valence electrons. The van der Waals surface area contributed by atoms with E-state index >= 15 is 0 Å². The minimum atomic E-state index is -3.29. The highest BCUT2D eigenvalue weighted by atomic mass is 32.2. The molecular formula is C17H25N3O5S. The van der Waals surface area contributed by atoms with Gasteiger partial charge in [0.1, 0.15) is 0 Å². The highest BCUT2D eigenvalue weighted by molar-refractivity contribution is 7.89. The Morgan fingerprint density at radius 1 is 1.19 bits per heavy atom. The molecule has 0 aliphatic carbocycles. The summed E-state index contributed by atoms with van der Waals surface area (Å²) in [5, 5.41) is 5.33. The van der Waals surface area contributed by atoms with E-state index in [1.807, 2.05) is 6.92 Å². The molecule has 0 spiro atoms. The van der Waals surface area contributed by atoms with Crippen LogP contribution in [-0.4, -0.2) is 50.7 Å². The van der Waals surface area contributed by atoms with Gasteiger partial charge in [0.05, 0.1) is 18.8 Å². The Kier molecular flexibility index (Phi) is 6.98. The number of rotatable bonds is 6. The lowest BCUT2D eigenvalue weighted by Gasteiger charge is -2.31. The maximum absolute atomic E-state index is 12.5. The molecule has 1 aromatic rings. The van der Waals surface area contributed by atoms with Crippen molar-refractivity contribution >= 4 is 33.4 Å². The summed E-state index contributed by atoms with van der Waals surface area (Å²) in [4.78, 5) is 23.6. The van der Waals surface area contributed by atoms with Crippen LogP contribution >= 0.6 is 0 Å². The third-order valence-corrected chi connectivity index (χ3v) is 6.24. The number of carbonyl (C=O) groups excluding carboxylic acids is 2. The Bertz CT molecular complexity index is 733. The topological polar surface area (TPSA) is 105 Å². The van der Waals surface area contributed by atoms with Crippen LogP contribution in [-0.2, 0) is 19.6 Å². The van der Waals surface area contributed by atoms with E-state index in [2.05, 4.69) is 15.4 Å². The summed E-state index contributed by atoms with van der Waals surface area (Å²) in [6.07, 6.45) is 1.31. The lowest BCUT2D eigenvalue weighted by molar-refractivity contribution is -0.120. The lowest BCUT2D eigenvalue weighted by Crippen LogP contribution is -2.44. The molecule has 1 saturated heterocycles. The van der Waals surface area contributed by atoms with Gasteiger partial charge in [-0.25, -0.2) is 17.5 Å². The van der Waals surface area contributed by atoms with Crippen LogP contribution < -0.4 is 10.6 Å². The van der Waals surface area contributed by atoms with Gasteiger partial charge in [-0.3, -0.25) is 10.1 Å². The monoisotopic (exact) mass is 383 g/mol. The molecule has 1 fully saturated rings. The van der Waals surface area contributed by atoms with Crippen molar-refractivity contribution < 1.29 is 22.7 Å². The van der Waals surface area contributed by atoms with Crippen LogP contribution in [0.15, 0.2) is 24.3 Å². The number of amides is 2. The summed E-state index contributed by atoms with van der Waals surface area (Å²) in [7, 11) is -2.02. The maximum atomic E-state index is 12.5. The zero-order valence-corrected chi connectivity index (χ0v) is 15.8. The summed E-state index contributed by atoms with van der Waals surface area (Å²) >= 11 is 0. The third kappa shape index (κ3) is 5.43. The van der Waals surface area contributed by atoms with Crippen molar-refractivity contribution in [3.8, 4) is 0 Å². The zero-order valence-electron chi connectivity index (χ0n) is 15.0. The number of nitrogens with one attached hydrogen (secondary N) is 2. The second-order valence-corrected chi connectivity index (χ2v) is 8.28. The Labute approximate surface area is 153 Å². The smallest absolute Gasteiger partial charge is 0.411 e. The molecule has 0 bridgehead atoms. The van der Waals surface area contributed by atoms with Crippen molar-refractivity contribution in [2.75, 3.05) is 36.6 Å². The Morgan fingerprint density at radius 3 is 2.38 bits per heavy atom. The number of carbonyl (C=O) groups is 2. The second-order valence-electron chi connectivity index (χ2n) is 6.20. The zero-order chi connectivity index (χ0) is 19.2. The van der Waals surface area contributed by atoms with Gasteiger partial charge in [-0.15, -0.1) is 0 Å². The standard InChI is InChI=1S/C17H25N3O5S/c1-3-11-26(23,24)20-10-4-5-13(12-20)16(21)18-14-6-8-15(9-7-14)19-17(22)25-2/h6-9,13H,3-5,10-12H2,1-2H3,(H,18,21)(H,19,22). The molecular weight excluding hydrogens is 358 g/mol. The molecule has 1 unspecified atom stereocenters. The fourth-order valence-corrected chi connectivity index (χ4v) is 4.43. The first-order valence-electron chi connectivity index (χ1n) is 8.59. The molecule has 0 radical (unpaired) electrons. The van der Waals surface area contributed by atoms with E-state index in [-0.39, 0.29) is 24.1 Å². The minimum Gasteiger partial charge on any atom is -0.453 e. The Morgan fingerprint density at radius 2 is 1.81 bits per heavy atom. The van der Waals surface area contributed by atoms with Gasteiger partial charge in [0.2, 0.25) is 15.9 Å². The molecule has 1 atom stereocenters. The molecule has 2 N–H and O–H groups in total. The molecule has 9 heteroatoms. The number of nitrogens with zero attached hydrogens (tertiary/aromatic N) is 1. The van der Waals surface area contributed by atoms with Gasteiger partial charge in [0, 0.05) is 24.5 Å². The lowest BCUT2D eigenvalue weighted by atomic mass is 9.98. The highest BCUT2D eigenvalue weighted by Crippen LogP contribution is 2.22. The molecule has 1 aromatic carbocycles. The fraction of sp³-hybridized carbons (Fsp3) is 0.529. The predicted octanol–water partition coefficient (Wildman–Crippen LogP) is 2.26. The van der Waals surface area contributed by atoms with Gasteiger partial charge < -0.3 is 10.1 Å². The number of hydrogen-bond donors (Lipinski definition) is 2. The van der Waals surface area contributed by atoms with Crippen LogP contribution in [0.4, 0.5) is 16.2 Å². The van der Waals surface area contributed by atoms with Gasteiger partial charge >= 0.3 is 6.09 Å². The first kappa shape index (κ1) is 20.2. The fourth-order valence-electron chi connectivity index (χ4n) is 2.85. The van der Waals surface area contributed by atoms with E-state index in [9.17, 15) is 18.0 Å². The van der Waals surface area contributed by atoms with E-state index in [1.54, 1.807) is 24.3 Å². The van der Waals surface area contributed by atoms with Crippen LogP contribution in [0.2, 0.25) is 0 Å². The number of hydrogen-bond acceptors (Lipinski definition) is 5. The molecule has 2 rings (SSSR count). The normalized spacial score (nSPS) is 18.2. The number of benzene rings is 1. The van der Waals surface area contributed by atoms with E-state index in [0.717, 1.165) is 0 Å². The minimum absolute atomic E-state index is 0.107. The van der Waals surface area contributed by atoms with Gasteiger partial charge in [-0.1, -0.05) is 6.92 Å².